The molecule has 1 aromatic heterocycles. The van der Waals surface area contributed by atoms with Crippen LogP contribution in [-0.2, 0) is 11.3 Å². The summed E-state index contributed by atoms with van der Waals surface area (Å²) in [5.74, 6) is 0. The predicted molar refractivity (Wildman–Crippen MR) is 61.3 cm³/mol. The number of thiazole rings is 1. The fourth-order valence-corrected chi connectivity index (χ4v) is 2.32. The SMILES string of the molecule is CCn1ccs/c1=N\C(=O)N1CCOCC1. The van der Waals surface area contributed by atoms with Gasteiger partial charge in [0.25, 0.3) is 0 Å². The van der Waals surface area contributed by atoms with E-state index in [1.807, 2.05) is 23.1 Å². The largest absolute Gasteiger partial charge is 0.378 e. The molecule has 0 spiro atoms. The third-order valence-corrected chi connectivity index (χ3v) is 3.27. The fourth-order valence-electron chi connectivity index (χ4n) is 1.53. The molecule has 0 saturated carbocycles. The molecule has 0 atom stereocenters. The zero-order valence-electron chi connectivity index (χ0n) is 9.26. The van der Waals surface area contributed by atoms with Crippen molar-refractivity contribution >= 4 is 17.4 Å². The first-order valence-corrected chi connectivity index (χ1v) is 6.24. The van der Waals surface area contributed by atoms with Crippen LogP contribution in [0, 0.1) is 0 Å². The maximum absolute atomic E-state index is 11.8. The summed E-state index contributed by atoms with van der Waals surface area (Å²) in [6, 6.07) is -0.159. The molecule has 1 saturated heterocycles. The molecule has 5 nitrogen and oxygen atoms in total. The van der Waals surface area contributed by atoms with E-state index >= 15 is 0 Å². The lowest BCUT2D eigenvalue weighted by Gasteiger charge is -2.24. The van der Waals surface area contributed by atoms with Crippen LogP contribution in [0.4, 0.5) is 4.79 Å². The number of carbonyl (C=O) groups is 1. The monoisotopic (exact) mass is 241 g/mol. The number of urea groups is 1. The van der Waals surface area contributed by atoms with Crippen molar-refractivity contribution in [2.45, 2.75) is 13.5 Å². The first-order chi connectivity index (χ1) is 7.81. The Hall–Kier alpha value is -1.14. The first-order valence-electron chi connectivity index (χ1n) is 5.36. The molecule has 0 N–H and O–H groups in total. The summed E-state index contributed by atoms with van der Waals surface area (Å²) in [5, 5.41) is 1.94. The third-order valence-electron chi connectivity index (χ3n) is 2.47. The minimum atomic E-state index is -0.159. The van der Waals surface area contributed by atoms with Crippen LogP contribution in [0.15, 0.2) is 16.6 Å². The van der Waals surface area contributed by atoms with Crippen molar-refractivity contribution in [3.05, 3.63) is 16.4 Å². The topological polar surface area (TPSA) is 46.8 Å². The molecule has 0 aromatic carbocycles. The van der Waals surface area contributed by atoms with Gasteiger partial charge < -0.3 is 14.2 Å². The summed E-state index contributed by atoms with van der Waals surface area (Å²) in [7, 11) is 0. The van der Waals surface area contributed by atoms with E-state index in [1.54, 1.807) is 4.90 Å². The number of aromatic nitrogens is 1. The summed E-state index contributed by atoms with van der Waals surface area (Å²) in [6.45, 7) is 5.36. The van der Waals surface area contributed by atoms with E-state index in [0.717, 1.165) is 11.3 Å². The van der Waals surface area contributed by atoms with E-state index in [1.165, 1.54) is 11.3 Å². The van der Waals surface area contributed by atoms with Crippen molar-refractivity contribution < 1.29 is 9.53 Å². The van der Waals surface area contributed by atoms with Crippen LogP contribution in [0.3, 0.4) is 0 Å². The molecule has 2 amide bonds. The Bertz CT molecular complexity index is 418. The molecule has 88 valence electrons. The molecule has 1 aliphatic heterocycles. The fraction of sp³-hybridized carbons (Fsp3) is 0.600. The van der Waals surface area contributed by atoms with Gasteiger partial charge in [-0.25, -0.2) is 4.79 Å². The highest BCUT2D eigenvalue weighted by atomic mass is 32.1. The smallest absolute Gasteiger partial charge is 0.346 e. The highest BCUT2D eigenvalue weighted by Gasteiger charge is 2.15. The Balaban J connectivity index is 2.13. The zero-order chi connectivity index (χ0) is 11.4. The summed E-state index contributed by atoms with van der Waals surface area (Å²) in [4.78, 5) is 18.4. The van der Waals surface area contributed by atoms with Gasteiger partial charge in [-0.05, 0) is 6.92 Å². The van der Waals surface area contributed by atoms with Crippen LogP contribution in [-0.4, -0.2) is 41.8 Å². The average Bonchev–Trinajstić information content (AvgIpc) is 2.77. The Labute approximate surface area is 98.0 Å². The summed E-state index contributed by atoms with van der Waals surface area (Å²) in [6.07, 6.45) is 1.94. The van der Waals surface area contributed by atoms with Crippen LogP contribution in [0.5, 0.6) is 0 Å². The Morgan fingerprint density at radius 3 is 3.00 bits per heavy atom. The van der Waals surface area contributed by atoms with Crippen LogP contribution in [0.2, 0.25) is 0 Å². The van der Waals surface area contributed by atoms with E-state index in [0.29, 0.717) is 26.3 Å². The molecule has 0 bridgehead atoms. The van der Waals surface area contributed by atoms with Gasteiger partial charge in [-0.2, -0.15) is 4.99 Å². The number of aryl methyl sites for hydroxylation is 1. The van der Waals surface area contributed by atoms with E-state index in [4.69, 9.17) is 4.74 Å². The van der Waals surface area contributed by atoms with Crippen LogP contribution >= 0.6 is 11.3 Å². The maximum atomic E-state index is 11.8. The number of hydrogen-bond acceptors (Lipinski definition) is 3. The molecule has 0 unspecified atom stereocenters. The normalized spacial score (nSPS) is 17.8. The average molecular weight is 241 g/mol. The zero-order valence-corrected chi connectivity index (χ0v) is 10.1. The van der Waals surface area contributed by atoms with Crippen molar-refractivity contribution in [3.8, 4) is 0 Å². The molecule has 6 heteroatoms. The number of hydrogen-bond donors (Lipinski definition) is 0. The molecule has 1 fully saturated rings. The summed E-state index contributed by atoms with van der Waals surface area (Å²) >= 11 is 1.48. The third kappa shape index (κ3) is 2.51. The molecule has 2 heterocycles. The highest BCUT2D eigenvalue weighted by Crippen LogP contribution is 1.99. The second-order valence-electron chi connectivity index (χ2n) is 3.47. The van der Waals surface area contributed by atoms with Gasteiger partial charge in [-0.3, -0.25) is 0 Å². The van der Waals surface area contributed by atoms with Crippen molar-refractivity contribution in [2.75, 3.05) is 26.3 Å². The maximum Gasteiger partial charge on any atom is 0.346 e. The van der Waals surface area contributed by atoms with Crippen LogP contribution < -0.4 is 4.80 Å². The van der Waals surface area contributed by atoms with Crippen molar-refractivity contribution in [1.29, 1.82) is 0 Å². The summed E-state index contributed by atoms with van der Waals surface area (Å²) < 4.78 is 7.15. The van der Waals surface area contributed by atoms with Gasteiger partial charge in [0, 0.05) is 31.2 Å². The van der Waals surface area contributed by atoms with Gasteiger partial charge >= 0.3 is 6.03 Å². The van der Waals surface area contributed by atoms with Gasteiger partial charge in [-0.1, -0.05) is 0 Å². The predicted octanol–water partition coefficient (Wildman–Crippen LogP) is 0.922. The Morgan fingerprint density at radius 1 is 1.56 bits per heavy atom. The Kier molecular flexibility index (Phi) is 3.74. The lowest BCUT2D eigenvalue weighted by atomic mass is 10.4. The highest BCUT2D eigenvalue weighted by molar-refractivity contribution is 7.07. The molecule has 0 aliphatic carbocycles. The van der Waals surface area contributed by atoms with E-state index in [9.17, 15) is 4.79 Å². The molecular formula is C10H15N3O2S. The van der Waals surface area contributed by atoms with Gasteiger partial charge in [0.1, 0.15) is 0 Å². The van der Waals surface area contributed by atoms with Gasteiger partial charge in [0.05, 0.1) is 13.2 Å². The minimum Gasteiger partial charge on any atom is -0.378 e. The quantitative estimate of drug-likeness (QED) is 0.734. The standard InChI is InChI=1S/C10H15N3O2S/c1-2-12-5-8-16-10(12)11-9(14)13-3-6-15-7-4-13/h5,8H,2-4,6-7H2,1H3/b11-10-. The lowest BCUT2D eigenvalue weighted by molar-refractivity contribution is 0.0553. The molecule has 1 aromatic rings. The molecule has 16 heavy (non-hydrogen) atoms. The number of rotatable bonds is 1. The number of morpholine rings is 1. The molecule has 1 aliphatic rings. The minimum absolute atomic E-state index is 0.159. The second-order valence-corrected chi connectivity index (χ2v) is 4.34. The van der Waals surface area contributed by atoms with Gasteiger partial charge in [0.15, 0.2) is 4.80 Å². The Morgan fingerprint density at radius 2 is 2.31 bits per heavy atom. The van der Waals surface area contributed by atoms with E-state index in [-0.39, 0.29) is 6.03 Å². The number of nitrogens with zero attached hydrogens (tertiary/aromatic N) is 3. The summed E-state index contributed by atoms with van der Waals surface area (Å²) in [5.41, 5.74) is 0. The molecule has 2 rings (SSSR count). The first kappa shape index (κ1) is 11.3. The van der Waals surface area contributed by atoms with Crippen molar-refractivity contribution in [1.82, 2.24) is 9.47 Å². The lowest BCUT2D eigenvalue weighted by Crippen LogP contribution is -2.40. The van der Waals surface area contributed by atoms with Gasteiger partial charge in [-0.15, -0.1) is 11.3 Å². The number of amides is 2. The van der Waals surface area contributed by atoms with Crippen LogP contribution in [0.1, 0.15) is 6.92 Å². The van der Waals surface area contributed by atoms with Crippen LogP contribution in [0.25, 0.3) is 0 Å². The molecular weight excluding hydrogens is 226 g/mol. The van der Waals surface area contributed by atoms with Crippen molar-refractivity contribution in [2.24, 2.45) is 4.99 Å². The number of carbonyl (C=O) groups excluding carboxylic acids is 1. The molecule has 0 radical (unpaired) electrons. The van der Waals surface area contributed by atoms with E-state index < -0.39 is 0 Å². The van der Waals surface area contributed by atoms with Gasteiger partial charge in [0.2, 0.25) is 0 Å². The number of ether oxygens (including phenoxy) is 1. The van der Waals surface area contributed by atoms with Crippen molar-refractivity contribution in [3.63, 3.8) is 0 Å². The van der Waals surface area contributed by atoms with E-state index in [2.05, 4.69) is 4.99 Å². The second kappa shape index (κ2) is 5.27.